The fraction of sp³-hybridized carbons (Fsp3) is 0.0400. The summed E-state index contributed by atoms with van der Waals surface area (Å²) in [5.74, 6) is 1.62. The lowest BCUT2D eigenvalue weighted by molar-refractivity contribution is 0.482. The van der Waals surface area contributed by atoms with Crippen molar-refractivity contribution in [1.82, 2.24) is 0 Å². The molecule has 0 spiro atoms. The van der Waals surface area contributed by atoms with Crippen LogP contribution in [-0.4, -0.2) is 0 Å². The Bertz CT molecular complexity index is 1030. The summed E-state index contributed by atoms with van der Waals surface area (Å²) in [5.41, 5.74) is 3.65. The first-order valence-corrected chi connectivity index (χ1v) is 10.8. The van der Waals surface area contributed by atoms with E-state index < -0.39 is 0 Å². The normalized spacial score (nSPS) is 10.7. The molecule has 0 aliphatic carbocycles. The highest BCUT2D eigenvalue weighted by molar-refractivity contribution is 8.07. The molecule has 4 aromatic rings. The first-order valence-electron chi connectivity index (χ1n) is 9.27. The van der Waals surface area contributed by atoms with E-state index in [0.717, 1.165) is 21.3 Å². The Morgan fingerprint density at radius 1 is 0.517 bits per heavy atom. The predicted octanol–water partition coefficient (Wildman–Crippen LogP) is 8.19. The second-order valence-corrected chi connectivity index (χ2v) is 8.33. The molecule has 0 aromatic heterocycles. The highest BCUT2D eigenvalue weighted by atomic mass is 32.2. The molecule has 4 rings (SSSR count). The standard InChI is InChI=1S/C25H20O2S2/c1-19-7-9-20(10-8-19)21-11-13-22(14-12-21)26-23-15-17-25(18-16-23)29-27-28-24-5-3-2-4-6-24/h2-18H,1H3. The van der Waals surface area contributed by atoms with Crippen LogP contribution in [0.5, 0.6) is 11.5 Å². The zero-order valence-corrected chi connectivity index (χ0v) is 17.6. The molecule has 0 N–H and O–H groups in total. The van der Waals surface area contributed by atoms with Gasteiger partial charge in [-0.15, -0.1) is 0 Å². The van der Waals surface area contributed by atoms with Gasteiger partial charge in [0.2, 0.25) is 0 Å². The van der Waals surface area contributed by atoms with Crippen molar-refractivity contribution >= 4 is 24.1 Å². The van der Waals surface area contributed by atoms with E-state index in [2.05, 4.69) is 43.3 Å². The van der Waals surface area contributed by atoms with Crippen molar-refractivity contribution in [3.63, 3.8) is 0 Å². The fourth-order valence-corrected chi connectivity index (χ4v) is 4.01. The molecule has 0 amide bonds. The fourth-order valence-electron chi connectivity index (χ4n) is 2.73. The Hall–Kier alpha value is -2.66. The Kier molecular flexibility index (Phi) is 6.57. The van der Waals surface area contributed by atoms with Crippen molar-refractivity contribution in [3.05, 3.63) is 109 Å². The van der Waals surface area contributed by atoms with Gasteiger partial charge in [0.05, 0.1) is 0 Å². The molecule has 0 atom stereocenters. The molecule has 0 bridgehead atoms. The van der Waals surface area contributed by atoms with Crippen LogP contribution < -0.4 is 4.74 Å². The predicted molar refractivity (Wildman–Crippen MR) is 122 cm³/mol. The van der Waals surface area contributed by atoms with E-state index in [1.807, 2.05) is 66.7 Å². The Morgan fingerprint density at radius 3 is 1.59 bits per heavy atom. The van der Waals surface area contributed by atoms with E-state index in [0.29, 0.717) is 0 Å². The maximum absolute atomic E-state index is 5.96. The summed E-state index contributed by atoms with van der Waals surface area (Å²) < 4.78 is 11.6. The Labute approximate surface area is 180 Å². The summed E-state index contributed by atoms with van der Waals surface area (Å²) in [7, 11) is 0. The van der Waals surface area contributed by atoms with Crippen LogP contribution in [0.4, 0.5) is 0 Å². The first-order chi connectivity index (χ1) is 14.3. The third-order valence-corrected chi connectivity index (χ3v) is 5.78. The van der Waals surface area contributed by atoms with Crippen LogP contribution >= 0.6 is 24.1 Å². The lowest BCUT2D eigenvalue weighted by Crippen LogP contribution is -1.85. The van der Waals surface area contributed by atoms with Crippen molar-refractivity contribution in [2.24, 2.45) is 0 Å². The van der Waals surface area contributed by atoms with Gasteiger partial charge in [-0.1, -0.05) is 60.2 Å². The van der Waals surface area contributed by atoms with Crippen molar-refractivity contribution in [3.8, 4) is 22.6 Å². The summed E-state index contributed by atoms with van der Waals surface area (Å²) in [5, 5.41) is 0. The zero-order chi connectivity index (χ0) is 19.9. The number of ether oxygens (including phenoxy) is 1. The number of hydrogen-bond acceptors (Lipinski definition) is 4. The molecule has 0 fully saturated rings. The highest BCUT2D eigenvalue weighted by Gasteiger charge is 2.02. The third-order valence-electron chi connectivity index (χ3n) is 4.30. The third kappa shape index (κ3) is 5.67. The molecule has 0 aliphatic rings. The second kappa shape index (κ2) is 9.70. The molecule has 29 heavy (non-hydrogen) atoms. The smallest absolute Gasteiger partial charge is 0.127 e. The monoisotopic (exact) mass is 416 g/mol. The van der Waals surface area contributed by atoms with Gasteiger partial charge < -0.3 is 4.74 Å². The number of hydrogen-bond donors (Lipinski definition) is 0. The largest absolute Gasteiger partial charge is 0.457 e. The van der Waals surface area contributed by atoms with Crippen LogP contribution in [0.15, 0.2) is 113 Å². The first kappa shape index (κ1) is 19.6. The zero-order valence-electron chi connectivity index (χ0n) is 15.9. The minimum Gasteiger partial charge on any atom is -0.457 e. The number of aryl methyl sites for hydroxylation is 1. The van der Waals surface area contributed by atoms with Gasteiger partial charge in [0.15, 0.2) is 0 Å². The summed E-state index contributed by atoms with van der Waals surface area (Å²) >= 11 is 2.69. The van der Waals surface area contributed by atoms with E-state index >= 15 is 0 Å². The van der Waals surface area contributed by atoms with Gasteiger partial charge in [0, 0.05) is 33.9 Å². The van der Waals surface area contributed by atoms with Crippen LogP contribution in [0.25, 0.3) is 11.1 Å². The van der Waals surface area contributed by atoms with Crippen LogP contribution in [-0.2, 0) is 3.63 Å². The lowest BCUT2D eigenvalue weighted by atomic mass is 10.0. The van der Waals surface area contributed by atoms with E-state index in [-0.39, 0.29) is 0 Å². The molecule has 0 saturated carbocycles. The van der Waals surface area contributed by atoms with E-state index in [1.165, 1.54) is 40.8 Å². The van der Waals surface area contributed by atoms with Gasteiger partial charge in [0.1, 0.15) is 11.5 Å². The number of benzene rings is 4. The van der Waals surface area contributed by atoms with E-state index in [1.54, 1.807) is 0 Å². The molecule has 144 valence electrons. The van der Waals surface area contributed by atoms with Gasteiger partial charge in [-0.2, -0.15) is 0 Å². The summed E-state index contributed by atoms with van der Waals surface area (Å²) in [4.78, 5) is 2.10. The molecule has 0 heterocycles. The Balaban J connectivity index is 1.32. The summed E-state index contributed by atoms with van der Waals surface area (Å²) in [6, 6.07) is 34.6. The summed E-state index contributed by atoms with van der Waals surface area (Å²) in [6.45, 7) is 2.10. The molecule has 0 radical (unpaired) electrons. The quantitative estimate of drug-likeness (QED) is 0.283. The average molecular weight is 417 g/mol. The van der Waals surface area contributed by atoms with E-state index in [9.17, 15) is 0 Å². The van der Waals surface area contributed by atoms with Gasteiger partial charge in [-0.25, -0.2) is 3.63 Å². The minimum absolute atomic E-state index is 0.799. The topological polar surface area (TPSA) is 18.5 Å². The van der Waals surface area contributed by atoms with Crippen LogP contribution in [0.2, 0.25) is 0 Å². The Morgan fingerprint density at radius 2 is 1.00 bits per heavy atom. The van der Waals surface area contributed by atoms with Gasteiger partial charge in [-0.3, -0.25) is 0 Å². The molecule has 0 aliphatic heterocycles. The molecular formula is C25H20O2S2. The van der Waals surface area contributed by atoms with Crippen molar-refractivity contribution in [2.75, 3.05) is 0 Å². The second-order valence-electron chi connectivity index (χ2n) is 6.51. The molecule has 4 aromatic carbocycles. The van der Waals surface area contributed by atoms with Gasteiger partial charge in [0.25, 0.3) is 0 Å². The molecule has 0 saturated heterocycles. The van der Waals surface area contributed by atoms with Crippen LogP contribution in [0, 0.1) is 6.92 Å². The van der Waals surface area contributed by atoms with Crippen molar-refractivity contribution < 1.29 is 8.37 Å². The average Bonchev–Trinajstić information content (AvgIpc) is 2.77. The summed E-state index contributed by atoms with van der Waals surface area (Å²) in [6.07, 6.45) is 0. The minimum atomic E-state index is 0.799. The molecule has 4 heteroatoms. The van der Waals surface area contributed by atoms with Crippen molar-refractivity contribution in [1.29, 1.82) is 0 Å². The number of rotatable bonds is 7. The van der Waals surface area contributed by atoms with Gasteiger partial charge in [-0.05, 0) is 66.6 Å². The highest BCUT2D eigenvalue weighted by Crippen LogP contribution is 2.31. The molecular weight excluding hydrogens is 396 g/mol. The van der Waals surface area contributed by atoms with Crippen LogP contribution in [0.1, 0.15) is 5.56 Å². The maximum Gasteiger partial charge on any atom is 0.127 e. The molecule has 2 nitrogen and oxygen atoms in total. The van der Waals surface area contributed by atoms with Crippen molar-refractivity contribution in [2.45, 2.75) is 16.7 Å². The van der Waals surface area contributed by atoms with Crippen LogP contribution in [0.3, 0.4) is 0 Å². The van der Waals surface area contributed by atoms with Gasteiger partial charge >= 0.3 is 0 Å². The maximum atomic E-state index is 5.96. The molecule has 0 unspecified atom stereocenters. The SMILES string of the molecule is Cc1ccc(-c2ccc(Oc3ccc(SOSc4ccccc4)cc3)cc2)cc1. The van der Waals surface area contributed by atoms with E-state index in [4.69, 9.17) is 8.37 Å². The lowest BCUT2D eigenvalue weighted by Gasteiger charge is -2.08.